The fourth-order valence-corrected chi connectivity index (χ4v) is 4.83. The number of aliphatic hydroxyl groups is 1. The van der Waals surface area contributed by atoms with Crippen molar-refractivity contribution in [2.75, 3.05) is 18.0 Å². The van der Waals surface area contributed by atoms with E-state index in [-0.39, 0.29) is 12.0 Å². The molecule has 188 valence electrons. The highest BCUT2D eigenvalue weighted by molar-refractivity contribution is 5.83. The third kappa shape index (κ3) is 5.60. The summed E-state index contributed by atoms with van der Waals surface area (Å²) in [6.45, 7) is 6.66. The Kier molecular flexibility index (Phi) is 7.04. The Hall–Kier alpha value is -3.65. The number of nitrogens with zero attached hydrogens (tertiary/aromatic N) is 5. The molecule has 1 atom stereocenters. The van der Waals surface area contributed by atoms with Crippen LogP contribution in [-0.4, -0.2) is 49.9 Å². The normalized spacial score (nSPS) is 16.0. The van der Waals surface area contributed by atoms with Gasteiger partial charge in [-0.2, -0.15) is 5.10 Å². The smallest absolute Gasteiger partial charge is 0.225 e. The maximum atomic E-state index is 13.5. The summed E-state index contributed by atoms with van der Waals surface area (Å²) >= 11 is 0. The highest BCUT2D eigenvalue weighted by Gasteiger charge is 2.24. The molecule has 8 heteroatoms. The molecule has 1 unspecified atom stereocenters. The number of pyridine rings is 1. The first-order valence-corrected chi connectivity index (χ1v) is 12.6. The first-order valence-electron chi connectivity index (χ1n) is 12.6. The van der Waals surface area contributed by atoms with E-state index in [4.69, 9.17) is 9.40 Å². The van der Waals surface area contributed by atoms with E-state index in [1.165, 1.54) is 0 Å². The molecule has 1 N–H and O–H groups in total. The minimum Gasteiger partial charge on any atom is -0.467 e. The van der Waals surface area contributed by atoms with Crippen LogP contribution in [0.3, 0.4) is 0 Å². The van der Waals surface area contributed by atoms with Crippen molar-refractivity contribution in [1.29, 1.82) is 0 Å². The Morgan fingerprint density at radius 1 is 1.19 bits per heavy atom. The topological polar surface area (TPSA) is 87.6 Å². The lowest BCUT2D eigenvalue weighted by Gasteiger charge is -2.33. The van der Waals surface area contributed by atoms with Crippen molar-refractivity contribution in [3.8, 4) is 0 Å². The Labute approximate surface area is 211 Å². The number of furan rings is 1. The Balaban J connectivity index is 1.46. The summed E-state index contributed by atoms with van der Waals surface area (Å²) < 4.78 is 7.40. The van der Waals surface area contributed by atoms with E-state index in [2.05, 4.69) is 41.2 Å². The van der Waals surface area contributed by atoms with Crippen LogP contribution in [-0.2, 0) is 24.4 Å². The molecule has 3 aromatic heterocycles. The molecule has 1 aliphatic heterocycles. The molecule has 4 heterocycles. The average Bonchev–Trinajstić information content (AvgIpc) is 3.53. The SMILES string of the molecule is Cc1ccc2cc(CN(Cc3ccco3)C(=O)CCn3ccc(C)n3)c(N3CCCC(O)C3)nc2c1. The largest absolute Gasteiger partial charge is 0.467 e. The van der Waals surface area contributed by atoms with Gasteiger partial charge in [0.15, 0.2) is 0 Å². The first kappa shape index (κ1) is 24.1. The van der Waals surface area contributed by atoms with Crippen LogP contribution in [0, 0.1) is 13.8 Å². The summed E-state index contributed by atoms with van der Waals surface area (Å²) in [5, 5.41) is 15.8. The molecule has 1 aliphatic rings. The molecule has 36 heavy (non-hydrogen) atoms. The number of aromatic nitrogens is 3. The second-order valence-corrected chi connectivity index (χ2v) is 9.71. The van der Waals surface area contributed by atoms with Crippen LogP contribution in [0.5, 0.6) is 0 Å². The molecular weight excluding hydrogens is 454 g/mol. The summed E-state index contributed by atoms with van der Waals surface area (Å²) in [7, 11) is 0. The second kappa shape index (κ2) is 10.5. The zero-order chi connectivity index (χ0) is 25.1. The number of aliphatic hydroxyl groups excluding tert-OH is 1. The van der Waals surface area contributed by atoms with Crippen molar-refractivity contribution in [2.24, 2.45) is 0 Å². The molecule has 1 fully saturated rings. The summed E-state index contributed by atoms with van der Waals surface area (Å²) in [5.41, 5.74) is 3.97. The van der Waals surface area contributed by atoms with Crippen LogP contribution in [0.25, 0.3) is 10.9 Å². The van der Waals surface area contributed by atoms with Gasteiger partial charge in [0, 0.05) is 49.7 Å². The first-order chi connectivity index (χ1) is 17.4. The van der Waals surface area contributed by atoms with Crippen molar-refractivity contribution in [3.05, 3.63) is 77.5 Å². The van der Waals surface area contributed by atoms with E-state index >= 15 is 0 Å². The third-order valence-corrected chi connectivity index (χ3v) is 6.69. The number of β-amino-alcohol motifs (C(OH)–C–C–N with tert-alkyl or cyclic N) is 1. The lowest BCUT2D eigenvalue weighted by Crippen LogP contribution is -2.40. The number of amides is 1. The molecule has 0 spiro atoms. The van der Waals surface area contributed by atoms with Gasteiger partial charge in [-0.3, -0.25) is 9.48 Å². The molecule has 4 aromatic rings. The number of aryl methyl sites for hydroxylation is 3. The van der Waals surface area contributed by atoms with Gasteiger partial charge >= 0.3 is 0 Å². The highest BCUT2D eigenvalue weighted by Crippen LogP contribution is 2.29. The Bertz CT molecular complexity index is 1330. The quantitative estimate of drug-likeness (QED) is 0.400. The molecule has 0 bridgehead atoms. The third-order valence-electron chi connectivity index (χ3n) is 6.69. The van der Waals surface area contributed by atoms with Crippen molar-refractivity contribution >= 4 is 22.6 Å². The number of carbonyl (C=O) groups excluding carboxylic acids is 1. The predicted octanol–water partition coefficient (Wildman–Crippen LogP) is 4.22. The van der Waals surface area contributed by atoms with Gasteiger partial charge in [0.05, 0.1) is 30.1 Å². The Morgan fingerprint density at radius 2 is 2.08 bits per heavy atom. The molecule has 8 nitrogen and oxygen atoms in total. The van der Waals surface area contributed by atoms with Crippen LogP contribution >= 0.6 is 0 Å². The number of benzene rings is 1. The zero-order valence-corrected chi connectivity index (χ0v) is 20.9. The summed E-state index contributed by atoms with van der Waals surface area (Å²) in [6.07, 6.45) is 5.19. The molecule has 1 amide bonds. The van der Waals surface area contributed by atoms with Crippen molar-refractivity contribution < 1.29 is 14.3 Å². The van der Waals surface area contributed by atoms with Crippen LogP contribution in [0.15, 0.2) is 59.3 Å². The van der Waals surface area contributed by atoms with Gasteiger partial charge in [-0.25, -0.2) is 4.98 Å². The van der Waals surface area contributed by atoms with Crippen molar-refractivity contribution in [1.82, 2.24) is 19.7 Å². The van der Waals surface area contributed by atoms with E-state index < -0.39 is 0 Å². The highest BCUT2D eigenvalue weighted by atomic mass is 16.3. The van der Waals surface area contributed by atoms with E-state index in [9.17, 15) is 9.90 Å². The van der Waals surface area contributed by atoms with Crippen LogP contribution in [0.2, 0.25) is 0 Å². The maximum Gasteiger partial charge on any atom is 0.225 e. The standard InChI is InChI=1S/C28H33N5O3/c1-20-7-8-22-16-23(28(29-26(22)15-20)31-11-3-5-24(34)18-31)17-32(19-25-6-4-14-36-25)27(35)10-13-33-12-9-21(2)30-33/h4,6-9,12,14-16,24,34H,3,5,10-11,13,17-19H2,1-2H3. The molecule has 1 aromatic carbocycles. The minimum atomic E-state index is -0.375. The van der Waals surface area contributed by atoms with E-state index in [1.54, 1.807) is 10.9 Å². The number of hydrogen-bond donors (Lipinski definition) is 1. The number of fused-ring (bicyclic) bond motifs is 1. The van der Waals surface area contributed by atoms with Gasteiger partial charge in [-0.05, 0) is 62.6 Å². The number of hydrogen-bond acceptors (Lipinski definition) is 6. The second-order valence-electron chi connectivity index (χ2n) is 9.71. The van der Waals surface area contributed by atoms with Crippen molar-refractivity contribution in [2.45, 2.75) is 58.8 Å². The van der Waals surface area contributed by atoms with Gasteiger partial charge in [-0.1, -0.05) is 12.1 Å². The number of rotatable bonds is 8. The summed E-state index contributed by atoms with van der Waals surface area (Å²) in [6, 6.07) is 14.0. The molecule has 0 aliphatic carbocycles. The maximum absolute atomic E-state index is 13.5. The molecule has 1 saturated heterocycles. The fourth-order valence-electron chi connectivity index (χ4n) is 4.83. The van der Waals surface area contributed by atoms with Crippen LogP contribution in [0.1, 0.15) is 41.8 Å². The molecule has 0 radical (unpaired) electrons. The average molecular weight is 488 g/mol. The number of piperidine rings is 1. The predicted molar refractivity (Wildman–Crippen MR) is 138 cm³/mol. The molecule has 5 rings (SSSR count). The van der Waals surface area contributed by atoms with Gasteiger partial charge in [0.25, 0.3) is 0 Å². The van der Waals surface area contributed by atoms with E-state index in [1.807, 2.05) is 36.2 Å². The van der Waals surface area contributed by atoms with Gasteiger partial charge in [0.2, 0.25) is 5.91 Å². The number of carbonyl (C=O) groups is 1. The lowest BCUT2D eigenvalue weighted by atomic mass is 10.0. The minimum absolute atomic E-state index is 0.0215. The fraction of sp³-hybridized carbons (Fsp3) is 0.393. The zero-order valence-electron chi connectivity index (χ0n) is 20.9. The monoisotopic (exact) mass is 487 g/mol. The number of anilines is 1. The Morgan fingerprint density at radius 3 is 2.83 bits per heavy atom. The van der Waals surface area contributed by atoms with Gasteiger partial charge in [-0.15, -0.1) is 0 Å². The summed E-state index contributed by atoms with van der Waals surface area (Å²) in [5.74, 6) is 1.59. The van der Waals surface area contributed by atoms with E-state index in [0.29, 0.717) is 32.6 Å². The van der Waals surface area contributed by atoms with Crippen LogP contribution < -0.4 is 4.90 Å². The van der Waals surface area contributed by atoms with E-state index in [0.717, 1.165) is 58.7 Å². The lowest BCUT2D eigenvalue weighted by molar-refractivity contribution is -0.133. The summed E-state index contributed by atoms with van der Waals surface area (Å²) in [4.78, 5) is 22.5. The van der Waals surface area contributed by atoms with Crippen molar-refractivity contribution in [3.63, 3.8) is 0 Å². The van der Waals surface area contributed by atoms with Gasteiger partial charge < -0.3 is 19.3 Å². The van der Waals surface area contributed by atoms with Gasteiger partial charge in [0.1, 0.15) is 11.6 Å². The molecular formula is C28H33N5O3. The van der Waals surface area contributed by atoms with Crippen LogP contribution in [0.4, 0.5) is 5.82 Å². The molecule has 0 saturated carbocycles.